The van der Waals surface area contributed by atoms with E-state index >= 15 is 0 Å². The smallest absolute Gasteiger partial charge is 0.0867 e. The van der Waals surface area contributed by atoms with Crippen molar-refractivity contribution in [3.05, 3.63) is 35.5 Å². The van der Waals surface area contributed by atoms with Crippen molar-refractivity contribution in [3.63, 3.8) is 0 Å². The lowest BCUT2D eigenvalue weighted by Crippen LogP contribution is -2.38. The Hall–Kier alpha value is -1.79. The molecule has 2 N–H and O–H groups in total. The average molecular weight is 239 g/mol. The predicted octanol–water partition coefficient (Wildman–Crippen LogP) is 2.62. The summed E-state index contributed by atoms with van der Waals surface area (Å²) in [5.74, 6) is 0. The van der Waals surface area contributed by atoms with E-state index in [4.69, 9.17) is 0 Å². The second kappa shape index (κ2) is 4.15. The van der Waals surface area contributed by atoms with Crippen LogP contribution in [0.4, 0.5) is 0 Å². The van der Waals surface area contributed by atoms with E-state index in [9.17, 15) is 5.26 Å². The van der Waals surface area contributed by atoms with Gasteiger partial charge in [0.1, 0.15) is 0 Å². The molecule has 1 aliphatic rings. The van der Waals surface area contributed by atoms with Gasteiger partial charge in [0.15, 0.2) is 0 Å². The van der Waals surface area contributed by atoms with Crippen LogP contribution in [-0.2, 0) is 5.41 Å². The number of fused-ring (bicyclic) bond motifs is 1. The van der Waals surface area contributed by atoms with E-state index in [0.29, 0.717) is 0 Å². The van der Waals surface area contributed by atoms with Gasteiger partial charge in [-0.25, -0.2) is 0 Å². The molecule has 0 amide bonds. The highest BCUT2D eigenvalue weighted by atomic mass is 14.9. The third-order valence-corrected chi connectivity index (χ3v) is 4.02. The molecule has 0 spiro atoms. The van der Waals surface area contributed by atoms with Crippen LogP contribution in [0.3, 0.4) is 0 Å². The van der Waals surface area contributed by atoms with Crippen LogP contribution in [0.5, 0.6) is 0 Å². The van der Waals surface area contributed by atoms with Gasteiger partial charge in [0.05, 0.1) is 11.5 Å². The van der Waals surface area contributed by atoms with Crippen LogP contribution in [0.15, 0.2) is 24.4 Å². The fraction of sp³-hybridized carbons (Fsp3) is 0.400. The van der Waals surface area contributed by atoms with Gasteiger partial charge < -0.3 is 10.3 Å². The lowest BCUT2D eigenvalue weighted by molar-refractivity contribution is 0.385. The molecule has 1 aromatic heterocycles. The number of piperidine rings is 1. The lowest BCUT2D eigenvalue weighted by atomic mass is 9.74. The highest BCUT2D eigenvalue weighted by molar-refractivity contribution is 5.85. The summed E-state index contributed by atoms with van der Waals surface area (Å²) in [6.07, 6.45) is 3.81. The van der Waals surface area contributed by atoms with Crippen molar-refractivity contribution in [2.45, 2.75) is 25.2 Å². The minimum absolute atomic E-state index is 0.321. The first kappa shape index (κ1) is 11.3. The zero-order valence-electron chi connectivity index (χ0n) is 10.6. The predicted molar refractivity (Wildman–Crippen MR) is 72.4 cm³/mol. The van der Waals surface area contributed by atoms with Gasteiger partial charge in [-0.05, 0) is 50.0 Å². The molecule has 2 heterocycles. The molecular weight excluding hydrogens is 222 g/mol. The van der Waals surface area contributed by atoms with E-state index in [2.05, 4.69) is 41.5 Å². The Labute approximate surface area is 107 Å². The molecule has 1 saturated heterocycles. The number of benzene rings is 1. The Bertz CT molecular complexity index is 612. The summed E-state index contributed by atoms with van der Waals surface area (Å²) in [7, 11) is 0. The molecule has 0 saturated carbocycles. The van der Waals surface area contributed by atoms with Crippen LogP contribution >= 0.6 is 0 Å². The van der Waals surface area contributed by atoms with E-state index in [1.54, 1.807) is 0 Å². The molecule has 3 heteroatoms. The van der Waals surface area contributed by atoms with Crippen molar-refractivity contribution in [3.8, 4) is 6.07 Å². The fourth-order valence-corrected chi connectivity index (χ4v) is 2.93. The summed E-state index contributed by atoms with van der Waals surface area (Å²) in [6.45, 7) is 3.93. The van der Waals surface area contributed by atoms with Crippen molar-refractivity contribution < 1.29 is 0 Å². The minimum atomic E-state index is -0.321. The minimum Gasteiger partial charge on any atom is -0.361 e. The summed E-state index contributed by atoms with van der Waals surface area (Å²) in [5, 5.41) is 14.2. The Kier molecular flexibility index (Phi) is 2.61. The second-order valence-corrected chi connectivity index (χ2v) is 5.20. The number of nitrogens with one attached hydrogen (secondary N) is 2. The SMILES string of the molecule is Cc1ccc2c(C3(C#N)CCNCC3)c[nH]c2c1. The maximum Gasteiger partial charge on any atom is 0.0867 e. The molecule has 2 aromatic rings. The molecule has 3 rings (SSSR count). The van der Waals surface area contributed by atoms with Crippen LogP contribution in [0.25, 0.3) is 10.9 Å². The van der Waals surface area contributed by atoms with Gasteiger partial charge >= 0.3 is 0 Å². The number of H-pyrrole nitrogens is 1. The number of rotatable bonds is 1. The zero-order chi connectivity index (χ0) is 12.6. The molecule has 0 radical (unpaired) electrons. The maximum atomic E-state index is 9.64. The normalized spacial score (nSPS) is 18.7. The van der Waals surface area contributed by atoms with Crippen molar-refractivity contribution >= 4 is 10.9 Å². The van der Waals surface area contributed by atoms with Gasteiger partial charge in [0.2, 0.25) is 0 Å². The van der Waals surface area contributed by atoms with Gasteiger partial charge in [-0.2, -0.15) is 5.26 Å². The monoisotopic (exact) mass is 239 g/mol. The second-order valence-electron chi connectivity index (χ2n) is 5.20. The number of aromatic nitrogens is 1. The number of nitrogens with zero attached hydrogens (tertiary/aromatic N) is 1. The number of aromatic amines is 1. The fourth-order valence-electron chi connectivity index (χ4n) is 2.93. The van der Waals surface area contributed by atoms with E-state index < -0.39 is 0 Å². The molecule has 18 heavy (non-hydrogen) atoms. The largest absolute Gasteiger partial charge is 0.361 e. The highest BCUT2D eigenvalue weighted by Gasteiger charge is 2.35. The summed E-state index contributed by atoms with van der Waals surface area (Å²) >= 11 is 0. The molecule has 0 atom stereocenters. The lowest BCUT2D eigenvalue weighted by Gasteiger charge is -2.31. The molecule has 1 fully saturated rings. The molecule has 1 aromatic carbocycles. The maximum absolute atomic E-state index is 9.64. The van der Waals surface area contributed by atoms with Gasteiger partial charge in [-0.3, -0.25) is 0 Å². The molecule has 3 nitrogen and oxygen atoms in total. The Morgan fingerprint density at radius 3 is 2.78 bits per heavy atom. The van der Waals surface area contributed by atoms with E-state index in [0.717, 1.165) is 31.4 Å². The van der Waals surface area contributed by atoms with Gasteiger partial charge in [-0.1, -0.05) is 12.1 Å². The number of hydrogen-bond acceptors (Lipinski definition) is 2. The summed E-state index contributed by atoms with van der Waals surface area (Å²) in [5.41, 5.74) is 3.23. The molecule has 92 valence electrons. The molecular formula is C15H17N3. The van der Waals surface area contributed by atoms with Crippen LogP contribution in [0.2, 0.25) is 0 Å². The van der Waals surface area contributed by atoms with Crippen molar-refractivity contribution in [2.75, 3.05) is 13.1 Å². The topological polar surface area (TPSA) is 51.6 Å². The van der Waals surface area contributed by atoms with Crippen molar-refractivity contribution in [2.24, 2.45) is 0 Å². The summed E-state index contributed by atoms with van der Waals surface area (Å²) < 4.78 is 0. The molecule has 0 aliphatic carbocycles. The van der Waals surface area contributed by atoms with Crippen LogP contribution in [-0.4, -0.2) is 18.1 Å². The van der Waals surface area contributed by atoms with Crippen LogP contribution in [0.1, 0.15) is 24.0 Å². The Balaban J connectivity index is 2.16. The van der Waals surface area contributed by atoms with Crippen LogP contribution < -0.4 is 5.32 Å². The first-order valence-electron chi connectivity index (χ1n) is 6.45. The van der Waals surface area contributed by atoms with Crippen molar-refractivity contribution in [1.82, 2.24) is 10.3 Å². The van der Waals surface area contributed by atoms with Crippen molar-refractivity contribution in [1.29, 1.82) is 5.26 Å². The Morgan fingerprint density at radius 2 is 2.06 bits per heavy atom. The standard InChI is InChI=1S/C15H17N3/c1-11-2-3-12-13(9-18-14(12)8-11)15(10-16)4-6-17-7-5-15/h2-3,8-9,17-18H,4-7H2,1H3. The first-order chi connectivity index (χ1) is 8.75. The van der Waals surface area contributed by atoms with E-state index in [1.807, 2.05) is 6.20 Å². The molecule has 0 bridgehead atoms. The summed E-state index contributed by atoms with van der Waals surface area (Å²) in [4.78, 5) is 3.31. The van der Waals surface area contributed by atoms with Crippen LogP contribution in [0, 0.1) is 18.3 Å². The molecule has 1 aliphatic heterocycles. The molecule has 0 unspecified atom stereocenters. The Morgan fingerprint density at radius 1 is 1.28 bits per heavy atom. The third-order valence-electron chi connectivity index (χ3n) is 4.02. The highest BCUT2D eigenvalue weighted by Crippen LogP contribution is 2.37. The van der Waals surface area contributed by atoms with Gasteiger partial charge in [0, 0.05) is 17.1 Å². The van der Waals surface area contributed by atoms with Gasteiger partial charge in [-0.15, -0.1) is 0 Å². The first-order valence-corrected chi connectivity index (χ1v) is 6.45. The van der Waals surface area contributed by atoms with Gasteiger partial charge in [0.25, 0.3) is 0 Å². The third kappa shape index (κ3) is 1.61. The number of nitriles is 1. The quantitative estimate of drug-likeness (QED) is 0.803. The number of hydrogen-bond donors (Lipinski definition) is 2. The van der Waals surface area contributed by atoms with E-state index in [1.165, 1.54) is 16.5 Å². The zero-order valence-corrected chi connectivity index (χ0v) is 10.6. The number of aryl methyl sites for hydroxylation is 1. The van der Waals surface area contributed by atoms with E-state index in [-0.39, 0.29) is 5.41 Å². The average Bonchev–Trinajstić information content (AvgIpc) is 2.83. The summed E-state index contributed by atoms with van der Waals surface area (Å²) in [6, 6.07) is 8.96.